The molecule has 15 nitrogen and oxygen atoms in total. The highest BCUT2D eigenvalue weighted by atomic mass is 35.5. The van der Waals surface area contributed by atoms with Crippen LogP contribution in [0.5, 0.6) is 11.8 Å². The van der Waals surface area contributed by atoms with E-state index in [1.54, 1.807) is 48.5 Å². The quantitative estimate of drug-likeness (QED) is 0.0375. The van der Waals surface area contributed by atoms with Crippen LogP contribution in [0.3, 0.4) is 0 Å². The van der Waals surface area contributed by atoms with Gasteiger partial charge in [0, 0.05) is 78.4 Å². The molecule has 2 unspecified atom stereocenters. The third-order valence-electron chi connectivity index (χ3n) is 12.9. The second-order valence-corrected chi connectivity index (χ2v) is 24.4. The molecule has 0 spiro atoms. The first-order valence-corrected chi connectivity index (χ1v) is 30.1. The fourth-order valence-electron chi connectivity index (χ4n) is 9.27. The van der Waals surface area contributed by atoms with E-state index in [9.17, 15) is 16.8 Å². The van der Waals surface area contributed by atoms with E-state index in [-0.39, 0.29) is 28.2 Å². The molecule has 0 saturated heterocycles. The fourth-order valence-corrected chi connectivity index (χ4v) is 12.9. The number of ether oxygens (including phenoxy) is 8. The molecule has 7 rings (SSSR count). The summed E-state index contributed by atoms with van der Waals surface area (Å²) in [5.74, 6) is 0.752. The van der Waals surface area contributed by atoms with Crippen molar-refractivity contribution < 1.29 is 54.7 Å². The maximum absolute atomic E-state index is 13.3. The number of likely N-dealkylation sites (N-methyl/N-ethyl adjacent to an activating group) is 2. The minimum Gasteiger partial charge on any atom is -0.475 e. The Morgan fingerprint density at radius 2 is 0.895 bits per heavy atom. The summed E-state index contributed by atoms with van der Waals surface area (Å²) in [5.41, 5.74) is 7.26. The second-order valence-electron chi connectivity index (χ2n) is 18.9. The summed E-state index contributed by atoms with van der Waals surface area (Å²) in [6.45, 7) is 9.77. The van der Waals surface area contributed by atoms with Gasteiger partial charge >= 0.3 is 0 Å². The fraction of sp³-hybridized carbons (Fsp3) is 0.482. The smallest absolute Gasteiger partial charge is 0.216 e. The number of rotatable bonds is 32. The summed E-state index contributed by atoms with van der Waals surface area (Å²) in [4.78, 5) is 9.37. The van der Waals surface area contributed by atoms with Gasteiger partial charge in [-0.25, -0.2) is 16.8 Å². The Bertz CT molecular complexity index is 2690. The SMILES string of the molecule is Cc1cc(Cl)c2c(c1)C(c1cccc(S(=O)(=O)CCCOCCOCCOCCOc3cccc(OCCOCCOCCOCCCS(=O)(=O)c4cccc(C5CN(C)Cc6c(Cl)cc(Cl)cc65)c4)n3)c1)CN(C)C2. The summed E-state index contributed by atoms with van der Waals surface area (Å²) < 4.78 is 98.2. The molecule has 0 radical (unpaired) electrons. The molecule has 0 saturated carbocycles. The van der Waals surface area contributed by atoms with Gasteiger partial charge in [-0.15, -0.1) is 0 Å². The molecule has 4 aromatic carbocycles. The van der Waals surface area contributed by atoms with E-state index < -0.39 is 19.7 Å². The van der Waals surface area contributed by atoms with Crippen molar-refractivity contribution in [3.8, 4) is 11.8 Å². The predicted molar refractivity (Wildman–Crippen MR) is 295 cm³/mol. The molecule has 0 N–H and O–H groups in total. The molecule has 2 atom stereocenters. The highest BCUT2D eigenvalue weighted by Gasteiger charge is 2.30. The van der Waals surface area contributed by atoms with Crippen molar-refractivity contribution in [3.63, 3.8) is 0 Å². The highest BCUT2D eigenvalue weighted by Crippen LogP contribution is 2.40. The molecule has 2 aliphatic heterocycles. The van der Waals surface area contributed by atoms with Crippen molar-refractivity contribution >= 4 is 54.5 Å². The maximum atomic E-state index is 13.3. The average molecular weight is 1150 g/mol. The molecular formula is C56H70Cl3N3O12S2. The first kappa shape index (κ1) is 59.7. The lowest BCUT2D eigenvalue weighted by atomic mass is 9.84. The lowest BCUT2D eigenvalue weighted by Gasteiger charge is -2.33. The maximum Gasteiger partial charge on any atom is 0.216 e. The molecule has 0 amide bonds. The molecule has 1 aromatic heterocycles. The van der Waals surface area contributed by atoms with Crippen molar-refractivity contribution in [3.05, 3.63) is 145 Å². The van der Waals surface area contributed by atoms with Crippen LogP contribution in [-0.4, -0.2) is 163 Å². The van der Waals surface area contributed by atoms with Gasteiger partial charge in [0.25, 0.3) is 0 Å². The third-order valence-corrected chi connectivity index (χ3v) is 17.4. The summed E-state index contributed by atoms with van der Waals surface area (Å²) in [7, 11) is -2.94. The summed E-state index contributed by atoms with van der Waals surface area (Å²) >= 11 is 19.5. The van der Waals surface area contributed by atoms with E-state index in [1.807, 2.05) is 50.4 Å². The monoisotopic (exact) mass is 1150 g/mol. The van der Waals surface area contributed by atoms with Crippen molar-refractivity contribution in [1.82, 2.24) is 14.8 Å². The largest absolute Gasteiger partial charge is 0.475 e. The first-order chi connectivity index (χ1) is 36.7. The second kappa shape index (κ2) is 29.9. The molecule has 5 aromatic rings. The number of benzene rings is 4. The van der Waals surface area contributed by atoms with Gasteiger partial charge in [-0.2, -0.15) is 4.98 Å². The molecule has 76 heavy (non-hydrogen) atoms. The van der Waals surface area contributed by atoms with Crippen molar-refractivity contribution in [1.29, 1.82) is 0 Å². The van der Waals surface area contributed by atoms with Gasteiger partial charge < -0.3 is 47.7 Å². The van der Waals surface area contributed by atoms with Crippen LogP contribution in [-0.2, 0) is 61.2 Å². The van der Waals surface area contributed by atoms with E-state index in [4.69, 9.17) is 72.7 Å². The minimum absolute atomic E-state index is 0.0102. The van der Waals surface area contributed by atoms with E-state index in [1.165, 1.54) is 0 Å². The number of halogens is 3. The number of aryl methyl sites for hydroxylation is 1. The van der Waals surface area contributed by atoms with Crippen LogP contribution in [0, 0.1) is 6.92 Å². The lowest BCUT2D eigenvalue weighted by Crippen LogP contribution is -2.31. The van der Waals surface area contributed by atoms with Gasteiger partial charge in [-0.05, 0) is 115 Å². The van der Waals surface area contributed by atoms with E-state index >= 15 is 0 Å². The molecule has 0 bridgehead atoms. The third kappa shape index (κ3) is 18.1. The number of sulfone groups is 2. The summed E-state index contributed by atoms with van der Waals surface area (Å²) in [6.07, 6.45) is 0.731. The standard InChI is InChI=1S/C56H70Cl3N3O12S2/c1-41-31-47-49(37-61(2)39-51(47)53(58)32-41)42-9-4-11-45(33-42)75(63,64)29-7-15-67-17-19-69-21-23-71-25-27-73-55-13-6-14-56(60-55)74-28-26-72-24-22-70-20-18-68-16-8-30-76(65,66)46-12-5-10-43(34-46)50-38-62(3)40-52-48(50)35-44(57)36-54(52)59/h4-6,9-14,31-36,49-50H,7-8,15-30,37-40H2,1-3H3. The van der Waals surface area contributed by atoms with Crippen molar-refractivity contribution in [2.75, 3.05) is 131 Å². The number of aromatic nitrogens is 1. The lowest BCUT2D eigenvalue weighted by molar-refractivity contribution is 0.00862. The van der Waals surface area contributed by atoms with Gasteiger partial charge in [-0.1, -0.05) is 71.2 Å². The van der Waals surface area contributed by atoms with Crippen LogP contribution in [0.4, 0.5) is 0 Å². The average Bonchev–Trinajstić information content (AvgIpc) is 3.39. The first-order valence-electron chi connectivity index (χ1n) is 25.6. The van der Waals surface area contributed by atoms with Crippen LogP contribution >= 0.6 is 34.8 Å². The Kier molecular flexibility index (Phi) is 23.5. The molecular weight excluding hydrogens is 1080 g/mol. The highest BCUT2D eigenvalue weighted by molar-refractivity contribution is 7.91. The summed E-state index contributed by atoms with van der Waals surface area (Å²) in [6, 6.07) is 27.5. The van der Waals surface area contributed by atoms with Crippen LogP contribution in [0.25, 0.3) is 0 Å². The van der Waals surface area contributed by atoms with Gasteiger partial charge in [-0.3, -0.25) is 0 Å². The van der Waals surface area contributed by atoms with Crippen LogP contribution < -0.4 is 9.47 Å². The number of nitrogens with zero attached hydrogens (tertiary/aromatic N) is 3. The molecule has 3 heterocycles. The zero-order chi connectivity index (χ0) is 53.9. The van der Waals surface area contributed by atoms with Gasteiger partial charge in [0.05, 0.1) is 87.4 Å². The van der Waals surface area contributed by atoms with E-state index in [0.717, 1.165) is 63.6 Å². The Labute approximate surface area is 463 Å². The Morgan fingerprint density at radius 3 is 1.36 bits per heavy atom. The Morgan fingerprint density at radius 1 is 0.500 bits per heavy atom. The molecule has 2 aliphatic rings. The van der Waals surface area contributed by atoms with Crippen molar-refractivity contribution in [2.24, 2.45) is 0 Å². The molecule has 414 valence electrons. The van der Waals surface area contributed by atoms with Crippen LogP contribution in [0.15, 0.2) is 101 Å². The van der Waals surface area contributed by atoms with Gasteiger partial charge in [0.15, 0.2) is 19.7 Å². The van der Waals surface area contributed by atoms with Crippen LogP contribution in [0.2, 0.25) is 15.1 Å². The number of hydrogen-bond donors (Lipinski definition) is 0. The molecule has 0 fully saturated rings. The molecule has 0 aliphatic carbocycles. The van der Waals surface area contributed by atoms with Crippen molar-refractivity contribution in [2.45, 2.75) is 54.5 Å². The van der Waals surface area contributed by atoms with Crippen LogP contribution in [0.1, 0.15) is 63.6 Å². The Hall–Kier alpha value is -3.92. The van der Waals surface area contributed by atoms with E-state index in [0.29, 0.717) is 139 Å². The topological polar surface area (TPSA) is 161 Å². The minimum atomic E-state index is -3.52. The number of fused-ring (bicyclic) bond motifs is 2. The normalized spacial score (nSPS) is 16.1. The Balaban J connectivity index is 0.653. The summed E-state index contributed by atoms with van der Waals surface area (Å²) in [5, 5.41) is 1.93. The molecule has 20 heteroatoms. The zero-order valence-electron chi connectivity index (χ0n) is 43.6. The number of hydrogen-bond acceptors (Lipinski definition) is 15. The zero-order valence-corrected chi connectivity index (χ0v) is 47.5. The van der Waals surface area contributed by atoms with Gasteiger partial charge in [0.2, 0.25) is 11.8 Å². The van der Waals surface area contributed by atoms with Gasteiger partial charge in [0.1, 0.15) is 13.2 Å². The predicted octanol–water partition coefficient (Wildman–Crippen LogP) is 9.09. The number of pyridine rings is 1. The van der Waals surface area contributed by atoms with E-state index in [2.05, 4.69) is 27.9 Å².